The molecule has 2 aromatic rings. The largest absolute Gasteiger partial charge is 0.493 e. The van der Waals surface area contributed by atoms with Crippen LogP contribution < -0.4 is 24.8 Å². The number of anilines is 1. The van der Waals surface area contributed by atoms with Crippen molar-refractivity contribution in [3.63, 3.8) is 0 Å². The second-order valence-corrected chi connectivity index (χ2v) is 8.41. The third-order valence-corrected chi connectivity index (χ3v) is 6.20. The van der Waals surface area contributed by atoms with Gasteiger partial charge < -0.3 is 29.7 Å². The summed E-state index contributed by atoms with van der Waals surface area (Å²) in [6.07, 6.45) is 4.05. The number of amides is 2. The smallest absolute Gasteiger partial charge is 0.319 e. The number of carbonyl (C=O) groups is 1. The van der Waals surface area contributed by atoms with E-state index >= 15 is 0 Å². The van der Waals surface area contributed by atoms with Gasteiger partial charge in [0.05, 0.1) is 27.0 Å². The molecule has 0 radical (unpaired) electrons. The lowest BCUT2D eigenvalue weighted by Gasteiger charge is -2.30. The Balaban J connectivity index is 0.00000385. The molecule has 0 aromatic heterocycles. The maximum absolute atomic E-state index is 12.7. The lowest BCUT2D eigenvalue weighted by molar-refractivity contribution is 0.208. The summed E-state index contributed by atoms with van der Waals surface area (Å²) in [7, 11) is 6.76. The van der Waals surface area contributed by atoms with Gasteiger partial charge in [0.15, 0.2) is 11.5 Å². The van der Waals surface area contributed by atoms with E-state index in [-0.39, 0.29) is 24.5 Å². The number of nitrogens with zero attached hydrogens (tertiary/aromatic N) is 1. The minimum Gasteiger partial charge on any atom is -0.493 e. The van der Waals surface area contributed by atoms with Gasteiger partial charge in [0.25, 0.3) is 0 Å². The molecule has 33 heavy (non-hydrogen) atoms. The van der Waals surface area contributed by atoms with E-state index < -0.39 is 0 Å². The van der Waals surface area contributed by atoms with Gasteiger partial charge in [0.1, 0.15) is 0 Å². The van der Waals surface area contributed by atoms with Crippen molar-refractivity contribution in [3.8, 4) is 17.2 Å². The number of ether oxygens (including phenoxy) is 3. The maximum Gasteiger partial charge on any atom is 0.319 e. The zero-order valence-corrected chi connectivity index (χ0v) is 21.1. The number of halogens is 2. The summed E-state index contributed by atoms with van der Waals surface area (Å²) in [5.74, 6) is 1.46. The fourth-order valence-corrected chi connectivity index (χ4v) is 4.37. The highest BCUT2D eigenvalue weighted by Crippen LogP contribution is 2.40. The fraction of sp³-hybridized carbons (Fsp3) is 0.458. The minimum atomic E-state index is -0.248. The molecule has 7 nitrogen and oxygen atoms in total. The topological polar surface area (TPSA) is 72.1 Å². The van der Waals surface area contributed by atoms with Crippen LogP contribution in [-0.2, 0) is 6.42 Å². The predicted molar refractivity (Wildman–Crippen MR) is 135 cm³/mol. The molecule has 1 aliphatic rings. The van der Waals surface area contributed by atoms with E-state index in [9.17, 15) is 4.79 Å². The van der Waals surface area contributed by atoms with Gasteiger partial charge in [-0.25, -0.2) is 4.79 Å². The normalized spacial score (nSPS) is 17.3. The van der Waals surface area contributed by atoms with Crippen LogP contribution in [0.2, 0.25) is 5.02 Å². The van der Waals surface area contributed by atoms with E-state index in [4.69, 9.17) is 25.8 Å². The summed E-state index contributed by atoms with van der Waals surface area (Å²) < 4.78 is 16.1. The molecule has 1 saturated carbocycles. The third kappa shape index (κ3) is 7.06. The predicted octanol–water partition coefficient (Wildman–Crippen LogP) is 5.00. The number of carbonyl (C=O) groups excluding carboxylic acids is 1. The molecule has 2 atom stereocenters. The van der Waals surface area contributed by atoms with Gasteiger partial charge in [-0.1, -0.05) is 23.7 Å². The molecule has 0 spiro atoms. The molecule has 9 heteroatoms. The van der Waals surface area contributed by atoms with Crippen molar-refractivity contribution in [2.24, 2.45) is 0 Å². The Morgan fingerprint density at radius 1 is 1.06 bits per heavy atom. The number of nitrogens with one attached hydrogen (secondary N) is 2. The third-order valence-electron chi connectivity index (χ3n) is 5.95. The van der Waals surface area contributed by atoms with Crippen LogP contribution in [0.1, 0.15) is 24.8 Å². The maximum atomic E-state index is 12.7. The molecule has 0 aliphatic heterocycles. The summed E-state index contributed by atoms with van der Waals surface area (Å²) in [6, 6.07) is 11.5. The average Bonchev–Trinajstić information content (AvgIpc) is 3.25. The van der Waals surface area contributed by atoms with Crippen LogP contribution in [0.15, 0.2) is 36.4 Å². The fourth-order valence-electron chi connectivity index (χ4n) is 4.25. The molecule has 2 aromatic carbocycles. The van der Waals surface area contributed by atoms with Crippen LogP contribution in [0, 0.1) is 0 Å². The zero-order valence-electron chi connectivity index (χ0n) is 19.5. The number of benzene rings is 2. The number of likely N-dealkylation sites (N-methyl/N-ethyl adjacent to an activating group) is 1. The lowest BCUT2D eigenvalue weighted by atomic mass is 10.1. The average molecular weight is 498 g/mol. The zero-order chi connectivity index (χ0) is 23.1. The summed E-state index contributed by atoms with van der Waals surface area (Å²) >= 11 is 5.98. The van der Waals surface area contributed by atoms with Gasteiger partial charge >= 0.3 is 6.03 Å². The molecule has 0 bridgehead atoms. The molecule has 0 heterocycles. The molecule has 1 aliphatic carbocycles. The Labute approximate surface area is 207 Å². The van der Waals surface area contributed by atoms with Crippen molar-refractivity contribution in [3.05, 3.63) is 47.0 Å². The van der Waals surface area contributed by atoms with E-state index in [1.165, 1.54) is 5.56 Å². The minimum absolute atomic E-state index is 0. The van der Waals surface area contributed by atoms with Crippen molar-refractivity contribution >= 4 is 35.7 Å². The summed E-state index contributed by atoms with van der Waals surface area (Å²) in [6.45, 7) is 0.916. The molecule has 3 rings (SSSR count). The van der Waals surface area contributed by atoms with Gasteiger partial charge in [-0.2, -0.15) is 0 Å². The standard InChI is InChI=1S/C24H32ClN3O4.ClH/c1-28(13-12-16-8-10-17(25)11-9-16)20-7-5-6-19(20)27-24(29)26-18-14-21(30-2)23(32-4)22(15-18)31-3;/h8-11,14-15,19-20H,5-7,12-13H2,1-4H3,(H2,26,27,29);1H/t19-,20-;/m1./s1. The van der Waals surface area contributed by atoms with Crippen LogP contribution in [0.4, 0.5) is 10.5 Å². The van der Waals surface area contributed by atoms with Crippen LogP contribution in [0.5, 0.6) is 17.2 Å². The Hall–Kier alpha value is -2.35. The lowest BCUT2D eigenvalue weighted by Crippen LogP contribution is -2.49. The highest BCUT2D eigenvalue weighted by Gasteiger charge is 2.31. The molecular formula is C24H33Cl2N3O4. The first-order valence-electron chi connectivity index (χ1n) is 10.8. The molecule has 1 fully saturated rings. The van der Waals surface area contributed by atoms with Crippen molar-refractivity contribution < 1.29 is 19.0 Å². The molecular weight excluding hydrogens is 465 g/mol. The van der Waals surface area contributed by atoms with Crippen molar-refractivity contribution in [2.45, 2.75) is 37.8 Å². The van der Waals surface area contributed by atoms with Crippen LogP contribution in [-0.4, -0.2) is 57.9 Å². The molecule has 182 valence electrons. The van der Waals surface area contributed by atoms with E-state index in [0.29, 0.717) is 29.0 Å². The summed E-state index contributed by atoms with van der Waals surface area (Å²) in [5.41, 5.74) is 1.83. The van der Waals surface area contributed by atoms with Gasteiger partial charge in [0.2, 0.25) is 5.75 Å². The summed E-state index contributed by atoms with van der Waals surface area (Å²) in [4.78, 5) is 15.1. The van der Waals surface area contributed by atoms with E-state index in [1.807, 2.05) is 12.1 Å². The number of methoxy groups -OCH3 is 3. The first-order valence-corrected chi connectivity index (χ1v) is 11.1. The van der Waals surface area contributed by atoms with Crippen molar-refractivity contribution in [2.75, 3.05) is 40.2 Å². The molecule has 2 amide bonds. The second kappa shape index (κ2) is 12.8. The molecule has 0 saturated heterocycles. The Morgan fingerprint density at radius 2 is 1.70 bits per heavy atom. The monoisotopic (exact) mass is 497 g/mol. The Kier molecular flexibility index (Phi) is 10.4. The number of rotatable bonds is 9. The van der Waals surface area contributed by atoms with Crippen molar-refractivity contribution in [1.29, 1.82) is 0 Å². The second-order valence-electron chi connectivity index (χ2n) is 7.97. The van der Waals surface area contributed by atoms with E-state index in [1.54, 1.807) is 33.5 Å². The quantitative estimate of drug-likeness (QED) is 0.509. The highest BCUT2D eigenvalue weighted by atomic mass is 35.5. The van der Waals surface area contributed by atoms with Crippen molar-refractivity contribution in [1.82, 2.24) is 10.2 Å². The van der Waals surface area contributed by atoms with Crippen LogP contribution in [0.25, 0.3) is 0 Å². The van der Waals surface area contributed by atoms with Gasteiger partial charge in [-0.15, -0.1) is 12.4 Å². The molecule has 2 N–H and O–H groups in total. The molecule has 0 unspecified atom stereocenters. The first-order chi connectivity index (χ1) is 15.4. The van der Waals surface area contributed by atoms with Crippen LogP contribution >= 0.6 is 24.0 Å². The SMILES string of the molecule is COc1cc(NC(=O)N[C@@H]2CCC[C@H]2N(C)CCc2ccc(Cl)cc2)cc(OC)c1OC.Cl. The van der Waals surface area contributed by atoms with Gasteiger partial charge in [-0.05, 0) is 50.4 Å². The Bertz CT molecular complexity index is 886. The van der Waals surface area contributed by atoms with Gasteiger partial charge in [0, 0.05) is 35.8 Å². The first kappa shape index (κ1) is 26.9. The van der Waals surface area contributed by atoms with E-state index in [2.05, 4.69) is 34.7 Å². The number of hydrogen-bond acceptors (Lipinski definition) is 5. The number of hydrogen-bond donors (Lipinski definition) is 2. The van der Waals surface area contributed by atoms with E-state index in [0.717, 1.165) is 37.3 Å². The summed E-state index contributed by atoms with van der Waals surface area (Å²) in [5, 5.41) is 6.79. The van der Waals surface area contributed by atoms with Gasteiger partial charge in [-0.3, -0.25) is 0 Å². The number of urea groups is 1. The highest BCUT2D eigenvalue weighted by molar-refractivity contribution is 6.30. The Morgan fingerprint density at radius 3 is 2.27 bits per heavy atom. The van der Waals surface area contributed by atoms with Crippen LogP contribution in [0.3, 0.4) is 0 Å².